The van der Waals surface area contributed by atoms with E-state index in [1.807, 2.05) is 11.3 Å². The Balaban J connectivity index is 1.62. The molecule has 37 heavy (non-hydrogen) atoms. The van der Waals surface area contributed by atoms with Crippen molar-refractivity contribution in [3.8, 4) is 5.69 Å². The van der Waals surface area contributed by atoms with Crippen LogP contribution in [0.25, 0.3) is 75.2 Å². The van der Waals surface area contributed by atoms with E-state index in [0.29, 0.717) is 0 Å². The molecule has 4 heteroatoms. The van der Waals surface area contributed by atoms with Crippen LogP contribution in [0.4, 0.5) is 0 Å². The molecule has 0 amide bonds. The fourth-order valence-corrected chi connectivity index (χ4v) is 7.38. The number of imidazole rings is 1. The molecule has 0 saturated carbocycles. The molecule has 9 rings (SSSR count). The Morgan fingerprint density at radius 1 is 0.541 bits per heavy atom. The summed E-state index contributed by atoms with van der Waals surface area (Å²) in [5, 5.41) is 7.55. The number of para-hydroxylation sites is 3. The molecule has 0 saturated heterocycles. The molecule has 3 nitrogen and oxygen atoms in total. The first-order valence-electron chi connectivity index (χ1n) is 12.5. The van der Waals surface area contributed by atoms with E-state index in [1.165, 1.54) is 52.9 Å². The van der Waals surface area contributed by atoms with Crippen molar-refractivity contribution in [1.29, 1.82) is 0 Å². The maximum Gasteiger partial charge on any atom is 0.147 e. The molecule has 4 heterocycles. The molecule has 0 fully saturated rings. The minimum Gasteiger partial charge on any atom is -0.293 e. The highest BCUT2D eigenvalue weighted by atomic mass is 32.1. The molecule has 0 radical (unpaired) electrons. The molecule has 4 aromatic heterocycles. The van der Waals surface area contributed by atoms with E-state index in [0.717, 1.165) is 22.3 Å². The van der Waals surface area contributed by atoms with Crippen molar-refractivity contribution in [2.75, 3.05) is 0 Å². The van der Waals surface area contributed by atoms with Crippen LogP contribution in [0.2, 0.25) is 0 Å². The lowest BCUT2D eigenvalue weighted by molar-refractivity contribution is 1.13. The monoisotopic (exact) mass is 489 g/mol. The molecule has 0 aliphatic heterocycles. The van der Waals surface area contributed by atoms with Crippen molar-refractivity contribution >= 4 is 80.9 Å². The summed E-state index contributed by atoms with van der Waals surface area (Å²) in [6, 6.07) is 41.4. The number of hydrogen-bond donors (Lipinski definition) is 0. The SMILES string of the molecule is c1ccc2c(c1)nc1c3ccccc3c3c4ccccc4n(-c4cccc5c4sc4ccccc45)c3n21. The van der Waals surface area contributed by atoms with Crippen molar-refractivity contribution in [2.45, 2.75) is 0 Å². The third-order valence-electron chi connectivity index (χ3n) is 7.68. The number of thiophene rings is 1. The van der Waals surface area contributed by atoms with Gasteiger partial charge in [-0.3, -0.25) is 8.97 Å². The molecule has 0 spiro atoms. The first-order chi connectivity index (χ1) is 18.4. The van der Waals surface area contributed by atoms with Crippen LogP contribution in [0.15, 0.2) is 115 Å². The summed E-state index contributed by atoms with van der Waals surface area (Å²) in [4.78, 5) is 5.15. The summed E-state index contributed by atoms with van der Waals surface area (Å²) < 4.78 is 7.46. The number of rotatable bonds is 1. The summed E-state index contributed by atoms with van der Waals surface area (Å²) in [5.74, 6) is 0. The number of aromatic nitrogens is 3. The van der Waals surface area contributed by atoms with Gasteiger partial charge in [-0.25, -0.2) is 4.98 Å². The van der Waals surface area contributed by atoms with Crippen LogP contribution in [0.5, 0.6) is 0 Å². The van der Waals surface area contributed by atoms with E-state index in [2.05, 4.69) is 124 Å². The van der Waals surface area contributed by atoms with Gasteiger partial charge in [0.15, 0.2) is 0 Å². The quantitative estimate of drug-likeness (QED) is 0.225. The van der Waals surface area contributed by atoms with E-state index in [1.54, 1.807) is 0 Å². The Kier molecular flexibility index (Phi) is 3.67. The van der Waals surface area contributed by atoms with Crippen molar-refractivity contribution in [2.24, 2.45) is 0 Å². The van der Waals surface area contributed by atoms with Gasteiger partial charge >= 0.3 is 0 Å². The summed E-state index contributed by atoms with van der Waals surface area (Å²) in [6.45, 7) is 0. The minimum atomic E-state index is 0.997. The van der Waals surface area contributed by atoms with Gasteiger partial charge in [0.25, 0.3) is 0 Å². The summed E-state index contributed by atoms with van der Waals surface area (Å²) in [5.41, 5.74) is 6.71. The molecule has 0 aliphatic rings. The maximum atomic E-state index is 5.15. The van der Waals surface area contributed by atoms with Gasteiger partial charge in [-0.2, -0.15) is 0 Å². The number of nitrogens with zero attached hydrogens (tertiary/aromatic N) is 3. The van der Waals surface area contributed by atoms with Gasteiger partial charge in [0.05, 0.1) is 26.9 Å². The zero-order chi connectivity index (χ0) is 24.1. The smallest absolute Gasteiger partial charge is 0.147 e. The Bertz CT molecular complexity index is 2370. The lowest BCUT2D eigenvalue weighted by atomic mass is 10.1. The average Bonchev–Trinajstić information content (AvgIpc) is 3.63. The summed E-state index contributed by atoms with van der Waals surface area (Å²) in [6.07, 6.45) is 0. The number of fused-ring (bicyclic) bond motifs is 13. The van der Waals surface area contributed by atoms with Crippen LogP contribution in [-0.4, -0.2) is 14.0 Å². The zero-order valence-electron chi connectivity index (χ0n) is 19.7. The molecule has 0 unspecified atom stereocenters. The third kappa shape index (κ3) is 2.43. The van der Waals surface area contributed by atoms with E-state index in [9.17, 15) is 0 Å². The van der Waals surface area contributed by atoms with Crippen molar-refractivity contribution in [1.82, 2.24) is 14.0 Å². The van der Waals surface area contributed by atoms with Crippen LogP contribution < -0.4 is 0 Å². The number of benzene rings is 5. The van der Waals surface area contributed by atoms with E-state index >= 15 is 0 Å². The van der Waals surface area contributed by atoms with Crippen molar-refractivity contribution in [3.63, 3.8) is 0 Å². The van der Waals surface area contributed by atoms with Crippen LogP contribution in [-0.2, 0) is 0 Å². The topological polar surface area (TPSA) is 22.2 Å². The standard InChI is InChI=1S/C33H19N3S/c1-2-12-23-21(11-1)30-24-13-3-6-16-26(24)35(33(30)36-27-17-7-5-15-25(27)34-32(23)36)28-18-9-14-22-20-10-4-8-19-29(20)37-31(22)28/h1-19H. The maximum absolute atomic E-state index is 5.15. The largest absolute Gasteiger partial charge is 0.293 e. The van der Waals surface area contributed by atoms with Crippen LogP contribution in [0.1, 0.15) is 0 Å². The number of pyridine rings is 1. The number of hydrogen-bond acceptors (Lipinski definition) is 2. The highest BCUT2D eigenvalue weighted by Crippen LogP contribution is 2.43. The first-order valence-corrected chi connectivity index (χ1v) is 13.3. The van der Waals surface area contributed by atoms with E-state index in [4.69, 9.17) is 4.98 Å². The van der Waals surface area contributed by atoms with Gasteiger partial charge in [0, 0.05) is 31.6 Å². The molecule has 0 bridgehead atoms. The molecule has 0 aliphatic carbocycles. The Morgan fingerprint density at radius 2 is 1.22 bits per heavy atom. The van der Waals surface area contributed by atoms with Crippen molar-refractivity contribution in [3.05, 3.63) is 115 Å². The molecular weight excluding hydrogens is 470 g/mol. The molecular formula is C33H19N3S. The lowest BCUT2D eigenvalue weighted by Gasteiger charge is -2.12. The Hall–Kier alpha value is -4.67. The van der Waals surface area contributed by atoms with E-state index < -0.39 is 0 Å². The first kappa shape index (κ1) is 19.5. The van der Waals surface area contributed by atoms with Gasteiger partial charge in [-0.1, -0.05) is 84.9 Å². The Morgan fingerprint density at radius 3 is 2.11 bits per heavy atom. The second-order valence-electron chi connectivity index (χ2n) is 9.61. The lowest BCUT2D eigenvalue weighted by Crippen LogP contribution is -2.00. The predicted octanol–water partition coefficient (Wildman–Crippen LogP) is 9.11. The molecule has 5 aromatic carbocycles. The summed E-state index contributed by atoms with van der Waals surface area (Å²) in [7, 11) is 0. The van der Waals surface area contributed by atoms with Crippen LogP contribution in [0, 0.1) is 0 Å². The molecule has 0 atom stereocenters. The second-order valence-corrected chi connectivity index (χ2v) is 10.7. The second kappa shape index (κ2) is 6.96. The normalized spacial score (nSPS) is 12.3. The zero-order valence-corrected chi connectivity index (χ0v) is 20.5. The highest BCUT2D eigenvalue weighted by molar-refractivity contribution is 7.26. The van der Waals surface area contributed by atoms with E-state index in [-0.39, 0.29) is 0 Å². The fraction of sp³-hybridized carbons (Fsp3) is 0. The molecule has 172 valence electrons. The fourth-order valence-electron chi connectivity index (χ4n) is 6.17. The molecule has 9 aromatic rings. The summed E-state index contributed by atoms with van der Waals surface area (Å²) >= 11 is 1.87. The minimum absolute atomic E-state index is 0.997. The predicted molar refractivity (Wildman–Crippen MR) is 157 cm³/mol. The van der Waals surface area contributed by atoms with Crippen LogP contribution in [0.3, 0.4) is 0 Å². The van der Waals surface area contributed by atoms with Crippen molar-refractivity contribution < 1.29 is 0 Å². The van der Waals surface area contributed by atoms with Gasteiger partial charge in [0.2, 0.25) is 0 Å². The van der Waals surface area contributed by atoms with Gasteiger partial charge in [-0.05, 0) is 35.7 Å². The van der Waals surface area contributed by atoms with Gasteiger partial charge in [0.1, 0.15) is 11.3 Å². The van der Waals surface area contributed by atoms with Gasteiger partial charge in [-0.15, -0.1) is 11.3 Å². The van der Waals surface area contributed by atoms with Gasteiger partial charge < -0.3 is 0 Å². The highest BCUT2D eigenvalue weighted by Gasteiger charge is 2.22. The third-order valence-corrected chi connectivity index (χ3v) is 8.89. The average molecular weight is 490 g/mol. The Labute approximate surface area is 215 Å². The van der Waals surface area contributed by atoms with Crippen LogP contribution >= 0.6 is 11.3 Å². The molecule has 0 N–H and O–H groups in total.